The molecule has 1 saturated heterocycles. The van der Waals surface area contributed by atoms with Crippen LogP contribution in [-0.4, -0.2) is 48.3 Å². The Balaban J connectivity index is 2.06. The molecule has 1 N–H and O–H groups in total. The van der Waals surface area contributed by atoms with Crippen molar-refractivity contribution in [3.05, 3.63) is 0 Å². The highest BCUT2D eigenvalue weighted by molar-refractivity contribution is 5.06. The lowest BCUT2D eigenvalue weighted by molar-refractivity contribution is -0.0796. The molecule has 124 valence electrons. The Bertz CT molecular complexity index is 336. The van der Waals surface area contributed by atoms with Gasteiger partial charge in [0.15, 0.2) is 0 Å². The summed E-state index contributed by atoms with van der Waals surface area (Å²) >= 11 is 0. The van der Waals surface area contributed by atoms with Gasteiger partial charge in [0.1, 0.15) is 0 Å². The third-order valence-corrected chi connectivity index (χ3v) is 5.30. The summed E-state index contributed by atoms with van der Waals surface area (Å²) in [7, 11) is 0. The Labute approximate surface area is 131 Å². The molecule has 0 aromatic rings. The average molecular weight is 296 g/mol. The van der Waals surface area contributed by atoms with Crippen molar-refractivity contribution in [3.63, 3.8) is 0 Å². The average Bonchev–Trinajstić information content (AvgIpc) is 3.15. The minimum absolute atomic E-state index is 0.0497. The van der Waals surface area contributed by atoms with Crippen LogP contribution in [0.5, 0.6) is 0 Å². The Morgan fingerprint density at radius 3 is 2.24 bits per heavy atom. The van der Waals surface area contributed by atoms with Crippen molar-refractivity contribution in [1.29, 1.82) is 0 Å². The van der Waals surface area contributed by atoms with E-state index < -0.39 is 0 Å². The second-order valence-corrected chi connectivity index (χ2v) is 8.14. The van der Waals surface area contributed by atoms with Gasteiger partial charge in [-0.3, -0.25) is 0 Å². The van der Waals surface area contributed by atoms with Gasteiger partial charge >= 0.3 is 0 Å². The fraction of sp³-hybridized carbons (Fsp3) is 1.00. The molecule has 0 bridgehead atoms. The Hall–Kier alpha value is -0.120. The Morgan fingerprint density at radius 2 is 1.71 bits per heavy atom. The maximum Gasteiger partial charge on any atom is 0.0790 e. The number of hydrogen-bond acceptors (Lipinski definition) is 3. The zero-order chi connectivity index (χ0) is 15.7. The Kier molecular flexibility index (Phi) is 5.38. The van der Waals surface area contributed by atoms with E-state index in [4.69, 9.17) is 4.74 Å². The van der Waals surface area contributed by atoms with E-state index in [9.17, 15) is 0 Å². The standard InChI is InChI=1S/C18H36N2O/c1-7-11-19-16-15(17(3,4)21-18(16,5)6)13-20(8-2)12-14-9-10-14/h14-16,19H,7-13H2,1-6H3. The number of nitrogens with zero attached hydrogens (tertiary/aromatic N) is 1. The van der Waals surface area contributed by atoms with Crippen LogP contribution in [0.25, 0.3) is 0 Å². The molecule has 1 aliphatic heterocycles. The van der Waals surface area contributed by atoms with Gasteiger partial charge in [-0.15, -0.1) is 0 Å². The first-order valence-corrected chi connectivity index (χ1v) is 8.96. The van der Waals surface area contributed by atoms with Gasteiger partial charge in [-0.25, -0.2) is 0 Å². The molecule has 1 saturated carbocycles. The largest absolute Gasteiger partial charge is 0.368 e. The van der Waals surface area contributed by atoms with Gasteiger partial charge in [-0.05, 0) is 66.0 Å². The maximum absolute atomic E-state index is 6.44. The molecule has 0 spiro atoms. The second kappa shape index (κ2) is 6.55. The highest BCUT2D eigenvalue weighted by Crippen LogP contribution is 2.43. The van der Waals surface area contributed by atoms with Crippen LogP contribution < -0.4 is 5.32 Å². The van der Waals surface area contributed by atoms with Gasteiger partial charge in [0.05, 0.1) is 11.2 Å². The normalized spacial score (nSPS) is 31.0. The third-order valence-electron chi connectivity index (χ3n) is 5.30. The van der Waals surface area contributed by atoms with E-state index in [0.717, 1.165) is 25.6 Å². The molecule has 2 aliphatic rings. The summed E-state index contributed by atoms with van der Waals surface area (Å²) in [5.41, 5.74) is -0.131. The lowest BCUT2D eigenvalue weighted by Gasteiger charge is -2.34. The number of hydrogen-bond donors (Lipinski definition) is 1. The first-order chi connectivity index (χ1) is 9.80. The van der Waals surface area contributed by atoms with Crippen LogP contribution in [0.2, 0.25) is 0 Å². The van der Waals surface area contributed by atoms with Crippen LogP contribution in [0.15, 0.2) is 0 Å². The van der Waals surface area contributed by atoms with Gasteiger partial charge in [0.2, 0.25) is 0 Å². The number of rotatable bonds is 8. The van der Waals surface area contributed by atoms with Crippen molar-refractivity contribution in [3.8, 4) is 0 Å². The van der Waals surface area contributed by atoms with Gasteiger partial charge in [-0.1, -0.05) is 13.8 Å². The van der Waals surface area contributed by atoms with Crippen LogP contribution >= 0.6 is 0 Å². The van der Waals surface area contributed by atoms with Crippen LogP contribution in [0.3, 0.4) is 0 Å². The summed E-state index contributed by atoms with van der Waals surface area (Å²) in [6, 6.07) is 0.445. The predicted molar refractivity (Wildman–Crippen MR) is 89.7 cm³/mol. The fourth-order valence-corrected chi connectivity index (χ4v) is 3.99. The monoisotopic (exact) mass is 296 g/mol. The molecule has 2 rings (SSSR count). The first-order valence-electron chi connectivity index (χ1n) is 8.96. The SMILES string of the molecule is CCCNC1C(CN(CC)CC2CC2)C(C)(C)OC1(C)C. The third kappa shape index (κ3) is 4.20. The summed E-state index contributed by atoms with van der Waals surface area (Å²) in [4.78, 5) is 2.65. The molecule has 0 amide bonds. The molecule has 2 unspecified atom stereocenters. The van der Waals surface area contributed by atoms with Crippen molar-refractivity contribution in [1.82, 2.24) is 10.2 Å². The van der Waals surface area contributed by atoms with Gasteiger partial charge in [0, 0.05) is 25.0 Å². The molecule has 2 atom stereocenters. The molecule has 1 heterocycles. The van der Waals surface area contributed by atoms with Crippen LogP contribution in [0.1, 0.15) is 60.8 Å². The van der Waals surface area contributed by atoms with Crippen molar-refractivity contribution in [2.45, 2.75) is 78.0 Å². The van der Waals surface area contributed by atoms with Gasteiger partial charge in [0.25, 0.3) is 0 Å². The van der Waals surface area contributed by atoms with E-state index in [1.54, 1.807) is 0 Å². The minimum atomic E-state index is -0.0810. The fourth-order valence-electron chi connectivity index (χ4n) is 3.99. The van der Waals surface area contributed by atoms with Crippen LogP contribution in [0.4, 0.5) is 0 Å². The van der Waals surface area contributed by atoms with Gasteiger partial charge in [-0.2, -0.15) is 0 Å². The molecule has 21 heavy (non-hydrogen) atoms. The van der Waals surface area contributed by atoms with E-state index in [-0.39, 0.29) is 11.2 Å². The topological polar surface area (TPSA) is 24.5 Å². The summed E-state index contributed by atoms with van der Waals surface area (Å²) in [6.45, 7) is 18.3. The predicted octanol–water partition coefficient (Wildman–Crippen LogP) is 3.29. The summed E-state index contributed by atoms with van der Waals surface area (Å²) in [5.74, 6) is 1.52. The van der Waals surface area contributed by atoms with Crippen molar-refractivity contribution in [2.75, 3.05) is 26.2 Å². The number of ether oxygens (including phenoxy) is 1. The molecule has 2 fully saturated rings. The minimum Gasteiger partial charge on any atom is -0.368 e. The molecule has 1 aliphatic carbocycles. The van der Waals surface area contributed by atoms with Crippen molar-refractivity contribution >= 4 is 0 Å². The van der Waals surface area contributed by atoms with Gasteiger partial charge < -0.3 is 15.0 Å². The summed E-state index contributed by atoms with van der Waals surface area (Å²) < 4.78 is 6.44. The smallest absolute Gasteiger partial charge is 0.0790 e. The quantitative estimate of drug-likeness (QED) is 0.744. The zero-order valence-electron chi connectivity index (χ0n) is 15.0. The molecular formula is C18H36N2O. The molecular weight excluding hydrogens is 260 g/mol. The first kappa shape index (κ1) is 17.2. The molecule has 3 nitrogen and oxygen atoms in total. The molecule has 0 radical (unpaired) electrons. The molecule has 0 aromatic carbocycles. The maximum atomic E-state index is 6.44. The van der Waals surface area contributed by atoms with Crippen LogP contribution in [0, 0.1) is 11.8 Å². The van der Waals surface area contributed by atoms with E-state index >= 15 is 0 Å². The van der Waals surface area contributed by atoms with Crippen molar-refractivity contribution in [2.24, 2.45) is 11.8 Å². The summed E-state index contributed by atoms with van der Waals surface area (Å²) in [5, 5.41) is 3.77. The zero-order valence-corrected chi connectivity index (χ0v) is 15.0. The number of nitrogens with one attached hydrogen (secondary N) is 1. The lowest BCUT2D eigenvalue weighted by atomic mass is 9.82. The van der Waals surface area contributed by atoms with E-state index in [0.29, 0.717) is 12.0 Å². The molecule has 3 heteroatoms. The van der Waals surface area contributed by atoms with E-state index in [1.165, 1.54) is 25.8 Å². The summed E-state index contributed by atoms with van der Waals surface area (Å²) in [6.07, 6.45) is 4.05. The van der Waals surface area contributed by atoms with E-state index in [2.05, 4.69) is 51.8 Å². The van der Waals surface area contributed by atoms with Crippen LogP contribution in [-0.2, 0) is 4.74 Å². The molecule has 0 aromatic heterocycles. The van der Waals surface area contributed by atoms with Crippen molar-refractivity contribution < 1.29 is 4.74 Å². The second-order valence-electron chi connectivity index (χ2n) is 8.14. The lowest BCUT2D eigenvalue weighted by Crippen LogP contribution is -2.51. The highest BCUT2D eigenvalue weighted by Gasteiger charge is 2.53. The van der Waals surface area contributed by atoms with E-state index in [1.807, 2.05) is 0 Å². The highest BCUT2D eigenvalue weighted by atomic mass is 16.5. The Morgan fingerprint density at radius 1 is 1.05 bits per heavy atom.